The van der Waals surface area contributed by atoms with Crippen LogP contribution in [0.1, 0.15) is 55.3 Å². The molecule has 2 aliphatic carbocycles. The SMILES string of the molecule is O=C(Nc1ccc(OCF)c(N2CCC3(CC3)C2)n1)c1ccc(NS(=O)(=O)CCO)cc1N1CCC2(CC1)CC2. The molecular weight excluding hydrogens is 537 g/mol. The number of hydrogen-bond donors (Lipinski definition) is 3. The molecule has 10 nitrogen and oxygen atoms in total. The first-order valence-electron chi connectivity index (χ1n) is 14.0. The fourth-order valence-corrected chi connectivity index (χ4v) is 6.91. The van der Waals surface area contributed by atoms with Crippen LogP contribution in [0.25, 0.3) is 0 Å². The van der Waals surface area contributed by atoms with Crippen LogP contribution in [-0.2, 0) is 10.0 Å². The lowest BCUT2D eigenvalue weighted by Crippen LogP contribution is -2.35. The molecule has 6 rings (SSSR count). The fraction of sp³-hybridized carbons (Fsp3) is 0.571. The van der Waals surface area contributed by atoms with Gasteiger partial charge in [0.15, 0.2) is 11.6 Å². The number of pyridine rings is 1. The van der Waals surface area contributed by atoms with E-state index >= 15 is 0 Å². The minimum absolute atomic E-state index is 0.330. The number of amides is 1. The lowest BCUT2D eigenvalue weighted by atomic mass is 9.93. The molecule has 2 spiro atoms. The van der Waals surface area contributed by atoms with Crippen LogP contribution >= 0.6 is 0 Å². The topological polar surface area (TPSA) is 124 Å². The summed E-state index contributed by atoms with van der Waals surface area (Å²) in [5.41, 5.74) is 2.14. The van der Waals surface area contributed by atoms with Gasteiger partial charge in [0, 0.05) is 26.2 Å². The lowest BCUT2D eigenvalue weighted by molar-refractivity contribution is 0.102. The van der Waals surface area contributed by atoms with Crippen LogP contribution in [0.5, 0.6) is 5.75 Å². The summed E-state index contributed by atoms with van der Waals surface area (Å²) >= 11 is 0. The zero-order valence-corrected chi connectivity index (χ0v) is 23.3. The molecule has 4 fully saturated rings. The number of carbonyl (C=O) groups excluding carboxylic acids is 1. The van der Waals surface area contributed by atoms with Crippen molar-refractivity contribution in [3.63, 3.8) is 0 Å². The third kappa shape index (κ3) is 5.69. The number of sulfonamides is 1. The number of rotatable bonds is 10. The monoisotopic (exact) mass is 573 g/mol. The average Bonchev–Trinajstić information content (AvgIpc) is 3.82. The standard InChI is InChI=1S/C28H36FN5O5S/c29-19-39-23-3-4-24(30-25(23)34-14-11-28(18-34)7-8-28)31-26(36)21-2-1-20(32-40(37,38)16-15-35)17-22(21)33-12-9-27(5-6-27)10-13-33/h1-4,17,32,35H,5-16,18-19H2,(H,30,31,36). The van der Waals surface area contributed by atoms with Crippen molar-refractivity contribution in [2.75, 3.05) is 65.2 Å². The maximum atomic E-state index is 13.6. The van der Waals surface area contributed by atoms with E-state index in [4.69, 9.17) is 9.84 Å². The number of anilines is 4. The van der Waals surface area contributed by atoms with Crippen molar-refractivity contribution in [1.29, 1.82) is 0 Å². The van der Waals surface area contributed by atoms with Gasteiger partial charge in [0.05, 0.1) is 29.3 Å². The van der Waals surface area contributed by atoms with Crippen LogP contribution in [-0.4, -0.2) is 69.8 Å². The highest BCUT2D eigenvalue weighted by Crippen LogP contribution is 2.55. The highest BCUT2D eigenvalue weighted by atomic mass is 32.2. The minimum Gasteiger partial charge on any atom is -0.459 e. The number of aliphatic hydroxyl groups is 1. The van der Waals surface area contributed by atoms with Crippen LogP contribution in [0.15, 0.2) is 30.3 Å². The van der Waals surface area contributed by atoms with Crippen LogP contribution in [0.2, 0.25) is 0 Å². The number of aromatic nitrogens is 1. The van der Waals surface area contributed by atoms with Crippen molar-refractivity contribution >= 4 is 38.9 Å². The minimum atomic E-state index is -3.72. The number of hydrogen-bond acceptors (Lipinski definition) is 8. The summed E-state index contributed by atoms with van der Waals surface area (Å²) in [6, 6.07) is 8.09. The second kappa shape index (κ2) is 10.4. The summed E-state index contributed by atoms with van der Waals surface area (Å²) in [4.78, 5) is 22.5. The molecule has 0 bridgehead atoms. The van der Waals surface area contributed by atoms with Gasteiger partial charge >= 0.3 is 0 Å². The lowest BCUT2D eigenvalue weighted by Gasteiger charge is -2.35. The Morgan fingerprint density at radius 2 is 1.70 bits per heavy atom. The number of aliphatic hydroxyl groups excluding tert-OH is 1. The summed E-state index contributed by atoms with van der Waals surface area (Å²) in [7, 11) is -3.72. The van der Waals surface area contributed by atoms with Gasteiger partial charge in [0.1, 0.15) is 5.82 Å². The zero-order valence-electron chi connectivity index (χ0n) is 22.5. The Balaban J connectivity index is 1.26. The van der Waals surface area contributed by atoms with Gasteiger partial charge in [-0.15, -0.1) is 0 Å². The number of alkyl halides is 1. The van der Waals surface area contributed by atoms with E-state index in [1.807, 2.05) is 0 Å². The third-order valence-corrected chi connectivity index (χ3v) is 10.3. The molecule has 3 heterocycles. The van der Waals surface area contributed by atoms with E-state index in [-0.39, 0.29) is 5.91 Å². The predicted octanol–water partition coefficient (Wildman–Crippen LogP) is 3.74. The van der Waals surface area contributed by atoms with Crippen molar-refractivity contribution in [2.45, 2.75) is 44.9 Å². The molecule has 0 radical (unpaired) electrons. The maximum absolute atomic E-state index is 13.6. The molecule has 0 unspecified atom stereocenters. The first-order chi connectivity index (χ1) is 19.2. The number of halogens is 1. The molecule has 1 aromatic carbocycles. The molecule has 3 N–H and O–H groups in total. The van der Waals surface area contributed by atoms with Crippen LogP contribution < -0.4 is 24.6 Å². The Morgan fingerprint density at radius 1 is 1.00 bits per heavy atom. The third-order valence-electron chi connectivity index (χ3n) is 8.98. The predicted molar refractivity (Wildman–Crippen MR) is 151 cm³/mol. The average molecular weight is 574 g/mol. The van der Waals surface area contributed by atoms with Gasteiger partial charge in [-0.3, -0.25) is 9.52 Å². The molecule has 2 saturated carbocycles. The quantitative estimate of drug-likeness (QED) is 0.393. The van der Waals surface area contributed by atoms with E-state index in [0.29, 0.717) is 45.2 Å². The summed E-state index contributed by atoms with van der Waals surface area (Å²) in [6.07, 6.45) is 7.99. The van der Waals surface area contributed by atoms with Crippen molar-refractivity contribution in [3.05, 3.63) is 35.9 Å². The van der Waals surface area contributed by atoms with Crippen LogP contribution in [0.3, 0.4) is 0 Å². The van der Waals surface area contributed by atoms with Gasteiger partial charge in [-0.25, -0.2) is 17.8 Å². The molecule has 4 aliphatic rings. The van der Waals surface area contributed by atoms with E-state index in [0.717, 1.165) is 45.4 Å². The fourth-order valence-electron chi connectivity index (χ4n) is 6.09. The Morgan fingerprint density at radius 3 is 2.35 bits per heavy atom. The first-order valence-corrected chi connectivity index (χ1v) is 15.6. The van der Waals surface area contributed by atoms with Gasteiger partial charge in [-0.05, 0) is 86.1 Å². The van der Waals surface area contributed by atoms with Crippen molar-refractivity contribution in [1.82, 2.24) is 4.98 Å². The Kier molecular flexibility index (Phi) is 7.02. The molecular formula is C28H36FN5O5S. The van der Waals surface area contributed by atoms with E-state index in [1.165, 1.54) is 25.7 Å². The van der Waals surface area contributed by atoms with Crippen molar-refractivity contribution in [3.8, 4) is 5.75 Å². The normalized spacial score (nSPS) is 20.6. The summed E-state index contributed by atoms with van der Waals surface area (Å²) in [5, 5.41) is 12.0. The Labute approximate surface area is 234 Å². The van der Waals surface area contributed by atoms with Crippen molar-refractivity contribution in [2.24, 2.45) is 10.8 Å². The van der Waals surface area contributed by atoms with E-state index in [1.54, 1.807) is 30.3 Å². The first kappa shape index (κ1) is 27.1. The highest BCUT2D eigenvalue weighted by molar-refractivity contribution is 7.92. The molecule has 0 atom stereocenters. The molecule has 2 aliphatic heterocycles. The number of nitrogens with one attached hydrogen (secondary N) is 2. The summed E-state index contributed by atoms with van der Waals surface area (Å²) in [5.74, 6) is 0.423. The smallest absolute Gasteiger partial charge is 0.258 e. The van der Waals surface area contributed by atoms with Crippen LogP contribution in [0, 0.1) is 10.8 Å². The zero-order chi connectivity index (χ0) is 28.0. The molecule has 1 aromatic heterocycles. The van der Waals surface area contributed by atoms with Gasteiger partial charge in [-0.1, -0.05) is 0 Å². The Bertz CT molecular complexity index is 1390. The second-order valence-electron chi connectivity index (χ2n) is 11.8. The summed E-state index contributed by atoms with van der Waals surface area (Å²) in [6.45, 7) is 1.76. The number of piperidine rings is 1. The largest absolute Gasteiger partial charge is 0.459 e. The van der Waals surface area contributed by atoms with E-state index < -0.39 is 29.2 Å². The number of nitrogens with zero attached hydrogens (tertiary/aromatic N) is 3. The van der Waals surface area contributed by atoms with E-state index in [9.17, 15) is 17.6 Å². The molecule has 2 aromatic rings. The van der Waals surface area contributed by atoms with Gasteiger partial charge < -0.3 is 25.0 Å². The molecule has 40 heavy (non-hydrogen) atoms. The van der Waals surface area contributed by atoms with Crippen LogP contribution in [0.4, 0.5) is 27.4 Å². The maximum Gasteiger partial charge on any atom is 0.258 e. The van der Waals surface area contributed by atoms with Gasteiger partial charge in [0.2, 0.25) is 16.9 Å². The van der Waals surface area contributed by atoms with Gasteiger partial charge in [0.25, 0.3) is 5.91 Å². The Hall–Kier alpha value is -3.12. The highest BCUT2D eigenvalue weighted by Gasteiger charge is 2.48. The molecule has 1 amide bonds. The van der Waals surface area contributed by atoms with Gasteiger partial charge in [-0.2, -0.15) is 0 Å². The van der Waals surface area contributed by atoms with E-state index in [2.05, 4.69) is 24.8 Å². The second-order valence-corrected chi connectivity index (χ2v) is 13.6. The number of carbonyl (C=O) groups is 1. The molecule has 2 saturated heterocycles. The molecule has 216 valence electrons. The molecule has 12 heteroatoms. The number of ether oxygens (including phenoxy) is 1. The number of benzene rings is 1. The van der Waals surface area contributed by atoms with Crippen molar-refractivity contribution < 1.29 is 27.4 Å². The summed E-state index contributed by atoms with van der Waals surface area (Å²) < 4.78 is 45.4.